The number of amides is 1. The number of aryl methyl sites for hydroxylation is 3. The summed E-state index contributed by atoms with van der Waals surface area (Å²) >= 11 is 0. The van der Waals surface area contributed by atoms with Gasteiger partial charge in [0.2, 0.25) is 5.91 Å². The van der Waals surface area contributed by atoms with Crippen LogP contribution >= 0.6 is 0 Å². The molecule has 1 saturated heterocycles. The Morgan fingerprint density at radius 1 is 1.17 bits per heavy atom. The van der Waals surface area contributed by atoms with Gasteiger partial charge in [-0.3, -0.25) is 4.79 Å². The molecule has 0 spiro atoms. The van der Waals surface area contributed by atoms with Crippen LogP contribution in [0.25, 0.3) is 0 Å². The molecule has 1 amide bonds. The van der Waals surface area contributed by atoms with Crippen LogP contribution in [0.4, 0.5) is 5.69 Å². The van der Waals surface area contributed by atoms with Crippen LogP contribution in [-0.4, -0.2) is 18.5 Å². The van der Waals surface area contributed by atoms with Crippen LogP contribution < -0.4 is 10.6 Å². The van der Waals surface area contributed by atoms with Crippen LogP contribution in [0.5, 0.6) is 0 Å². The zero-order valence-electron chi connectivity index (χ0n) is 13.6. The molecule has 1 aliphatic rings. The molecule has 2 aromatic rings. The lowest BCUT2D eigenvalue weighted by Crippen LogP contribution is -2.35. The van der Waals surface area contributed by atoms with Crippen molar-refractivity contribution in [3.63, 3.8) is 0 Å². The molecule has 2 N–H and O–H groups in total. The van der Waals surface area contributed by atoms with Crippen LogP contribution in [0.3, 0.4) is 0 Å². The molecule has 0 bridgehead atoms. The summed E-state index contributed by atoms with van der Waals surface area (Å²) < 4.78 is 0. The van der Waals surface area contributed by atoms with Crippen LogP contribution in [0.1, 0.15) is 29.5 Å². The van der Waals surface area contributed by atoms with E-state index in [2.05, 4.69) is 54.0 Å². The van der Waals surface area contributed by atoms with Gasteiger partial charge in [0, 0.05) is 5.69 Å². The van der Waals surface area contributed by atoms with Gasteiger partial charge in [0.25, 0.3) is 0 Å². The molecule has 3 heteroatoms. The second kappa shape index (κ2) is 7.42. The average molecular weight is 308 g/mol. The molecule has 1 atom stereocenters. The number of hydrogen-bond donors (Lipinski definition) is 2. The highest BCUT2D eigenvalue weighted by Gasteiger charge is 2.21. The molecule has 1 aliphatic heterocycles. The van der Waals surface area contributed by atoms with Gasteiger partial charge in [-0.25, -0.2) is 0 Å². The Balaban J connectivity index is 1.60. The topological polar surface area (TPSA) is 41.1 Å². The van der Waals surface area contributed by atoms with Crippen molar-refractivity contribution in [2.24, 2.45) is 0 Å². The van der Waals surface area contributed by atoms with Crippen molar-refractivity contribution >= 4 is 11.6 Å². The van der Waals surface area contributed by atoms with Gasteiger partial charge >= 0.3 is 0 Å². The van der Waals surface area contributed by atoms with E-state index in [4.69, 9.17) is 0 Å². The third-order valence-corrected chi connectivity index (χ3v) is 4.51. The van der Waals surface area contributed by atoms with E-state index >= 15 is 0 Å². The Bertz CT molecular complexity index is 661. The largest absolute Gasteiger partial charge is 0.325 e. The predicted molar refractivity (Wildman–Crippen MR) is 94.7 cm³/mol. The Labute approximate surface area is 138 Å². The summed E-state index contributed by atoms with van der Waals surface area (Å²) in [6.07, 6.45) is 4.07. The Morgan fingerprint density at radius 2 is 2.00 bits per heavy atom. The van der Waals surface area contributed by atoms with Crippen molar-refractivity contribution in [1.82, 2.24) is 5.32 Å². The van der Waals surface area contributed by atoms with Gasteiger partial charge in [-0.15, -0.1) is 0 Å². The second-order valence-corrected chi connectivity index (χ2v) is 6.27. The van der Waals surface area contributed by atoms with Crippen molar-refractivity contribution in [3.05, 3.63) is 65.2 Å². The third-order valence-electron chi connectivity index (χ3n) is 4.51. The van der Waals surface area contributed by atoms with Crippen LogP contribution in [0.2, 0.25) is 0 Å². The molecule has 3 nitrogen and oxygen atoms in total. The highest BCUT2D eigenvalue weighted by Crippen LogP contribution is 2.18. The summed E-state index contributed by atoms with van der Waals surface area (Å²) in [5, 5.41) is 6.25. The van der Waals surface area contributed by atoms with Crippen LogP contribution in [-0.2, 0) is 17.6 Å². The van der Waals surface area contributed by atoms with Gasteiger partial charge in [0.1, 0.15) is 0 Å². The van der Waals surface area contributed by atoms with E-state index in [1.165, 1.54) is 16.7 Å². The first kappa shape index (κ1) is 15.8. The fourth-order valence-electron chi connectivity index (χ4n) is 3.12. The number of nitrogens with one attached hydrogen (secondary N) is 2. The maximum absolute atomic E-state index is 12.1. The lowest BCUT2D eigenvalue weighted by atomic mass is 10.00. The van der Waals surface area contributed by atoms with E-state index < -0.39 is 0 Å². The molecular formula is C20H24N2O. The summed E-state index contributed by atoms with van der Waals surface area (Å²) in [7, 11) is 0. The minimum atomic E-state index is -0.0342. The zero-order valence-corrected chi connectivity index (χ0v) is 13.6. The molecule has 1 unspecified atom stereocenters. The highest BCUT2D eigenvalue weighted by molar-refractivity contribution is 5.95. The Hall–Kier alpha value is -2.13. The van der Waals surface area contributed by atoms with Crippen molar-refractivity contribution < 1.29 is 4.79 Å². The monoisotopic (exact) mass is 308 g/mol. The molecular weight excluding hydrogens is 284 g/mol. The van der Waals surface area contributed by atoms with Crippen molar-refractivity contribution in [1.29, 1.82) is 0 Å². The predicted octanol–water partition coefficient (Wildman–Crippen LogP) is 3.47. The molecule has 0 radical (unpaired) electrons. The minimum absolute atomic E-state index is 0.0342. The number of carbonyl (C=O) groups is 1. The lowest BCUT2D eigenvalue weighted by Gasteiger charge is -2.13. The van der Waals surface area contributed by atoms with Gasteiger partial charge in [0.05, 0.1) is 6.04 Å². The molecule has 3 rings (SSSR count). The molecule has 2 aromatic carbocycles. The Kier molecular flexibility index (Phi) is 5.09. The van der Waals surface area contributed by atoms with Crippen molar-refractivity contribution in [2.75, 3.05) is 11.9 Å². The molecule has 0 aromatic heterocycles. The summed E-state index contributed by atoms with van der Waals surface area (Å²) in [5.74, 6) is 0.0823. The van der Waals surface area contributed by atoms with Gasteiger partial charge in [-0.2, -0.15) is 0 Å². The molecule has 1 fully saturated rings. The van der Waals surface area contributed by atoms with E-state index in [1.807, 2.05) is 12.1 Å². The van der Waals surface area contributed by atoms with Gasteiger partial charge in [0.15, 0.2) is 0 Å². The van der Waals surface area contributed by atoms with E-state index in [1.54, 1.807) is 0 Å². The fraction of sp³-hybridized carbons (Fsp3) is 0.350. The quantitative estimate of drug-likeness (QED) is 0.888. The molecule has 120 valence electrons. The first-order chi connectivity index (χ1) is 11.2. The van der Waals surface area contributed by atoms with Crippen LogP contribution in [0.15, 0.2) is 48.5 Å². The number of anilines is 1. The molecule has 0 aliphatic carbocycles. The normalized spacial score (nSPS) is 17.2. The zero-order chi connectivity index (χ0) is 16.1. The van der Waals surface area contributed by atoms with E-state index in [0.717, 1.165) is 37.9 Å². The van der Waals surface area contributed by atoms with E-state index in [9.17, 15) is 4.79 Å². The van der Waals surface area contributed by atoms with E-state index in [-0.39, 0.29) is 11.9 Å². The lowest BCUT2D eigenvalue weighted by molar-refractivity contribution is -0.117. The van der Waals surface area contributed by atoms with Gasteiger partial charge in [-0.05, 0) is 68.0 Å². The van der Waals surface area contributed by atoms with Gasteiger partial charge in [-0.1, -0.05) is 36.4 Å². The van der Waals surface area contributed by atoms with Crippen LogP contribution in [0, 0.1) is 6.92 Å². The second-order valence-electron chi connectivity index (χ2n) is 6.27. The molecule has 0 saturated carbocycles. The number of rotatable bonds is 5. The highest BCUT2D eigenvalue weighted by atomic mass is 16.2. The molecule has 1 heterocycles. The first-order valence-corrected chi connectivity index (χ1v) is 8.40. The number of hydrogen-bond acceptors (Lipinski definition) is 2. The average Bonchev–Trinajstić information content (AvgIpc) is 3.10. The summed E-state index contributed by atoms with van der Waals surface area (Å²) in [6, 6.07) is 16.7. The van der Waals surface area contributed by atoms with Gasteiger partial charge < -0.3 is 10.6 Å². The maximum atomic E-state index is 12.1. The first-order valence-electron chi connectivity index (χ1n) is 8.40. The fourth-order valence-corrected chi connectivity index (χ4v) is 3.12. The smallest absolute Gasteiger partial charge is 0.241 e. The minimum Gasteiger partial charge on any atom is -0.325 e. The van der Waals surface area contributed by atoms with E-state index in [0.29, 0.717) is 0 Å². The van der Waals surface area contributed by atoms with Crippen molar-refractivity contribution in [3.8, 4) is 0 Å². The maximum Gasteiger partial charge on any atom is 0.241 e. The third kappa shape index (κ3) is 4.20. The molecule has 23 heavy (non-hydrogen) atoms. The summed E-state index contributed by atoms with van der Waals surface area (Å²) in [5.41, 5.74) is 4.82. The SMILES string of the molecule is Cc1cc(NC(=O)C2CCCN2)ccc1CCc1ccccc1. The number of benzene rings is 2. The standard InChI is InChI=1S/C20H24N2O/c1-15-14-18(22-20(23)19-8-5-13-21-19)12-11-17(15)10-9-16-6-3-2-4-7-16/h2-4,6-7,11-12,14,19,21H,5,8-10,13H2,1H3,(H,22,23). The van der Waals surface area contributed by atoms with Crippen molar-refractivity contribution in [2.45, 2.75) is 38.6 Å². The summed E-state index contributed by atoms with van der Waals surface area (Å²) in [6.45, 7) is 3.05. The summed E-state index contributed by atoms with van der Waals surface area (Å²) in [4.78, 5) is 12.1. The Morgan fingerprint density at radius 3 is 2.70 bits per heavy atom. The number of carbonyl (C=O) groups excluding carboxylic acids is 1.